The van der Waals surface area contributed by atoms with E-state index in [1.165, 1.54) is 50.5 Å². The standard InChI is InChI=1S/C11H20O.C10H21NO2/c1-3-4-8-12-11-7-5-6-10(2)9-11;1-3-5-8(4-2)6-7-9(11)10(12)13/h9,11H,3-8H2,1-2H3;8-9H,3-7,11H2,1-2H3,(H,12,13). The molecule has 0 aromatic carbocycles. The normalized spacial score (nSPS) is 19.4. The Morgan fingerprint density at radius 2 is 2.00 bits per heavy atom. The highest BCUT2D eigenvalue weighted by Gasteiger charge is 2.14. The van der Waals surface area contributed by atoms with Crippen molar-refractivity contribution in [1.82, 2.24) is 0 Å². The van der Waals surface area contributed by atoms with E-state index in [0.717, 1.165) is 19.4 Å². The minimum atomic E-state index is -0.883. The van der Waals surface area contributed by atoms with Crippen LogP contribution in [0.1, 0.15) is 91.9 Å². The molecule has 4 heteroatoms. The van der Waals surface area contributed by atoms with E-state index < -0.39 is 12.0 Å². The van der Waals surface area contributed by atoms with Crippen LogP contribution in [0.2, 0.25) is 0 Å². The van der Waals surface area contributed by atoms with Crippen LogP contribution in [-0.2, 0) is 9.53 Å². The van der Waals surface area contributed by atoms with Gasteiger partial charge < -0.3 is 15.6 Å². The van der Waals surface area contributed by atoms with Crippen LogP contribution in [0, 0.1) is 5.92 Å². The molecule has 3 atom stereocenters. The lowest BCUT2D eigenvalue weighted by Gasteiger charge is -2.19. The lowest BCUT2D eigenvalue weighted by molar-refractivity contribution is -0.138. The van der Waals surface area contributed by atoms with E-state index in [1.807, 2.05) is 0 Å². The Kier molecular flexibility index (Phi) is 14.9. The molecular weight excluding hydrogens is 314 g/mol. The maximum absolute atomic E-state index is 10.4. The number of ether oxygens (including phenoxy) is 1. The zero-order valence-electron chi connectivity index (χ0n) is 16.9. The van der Waals surface area contributed by atoms with Gasteiger partial charge in [0.15, 0.2) is 0 Å². The van der Waals surface area contributed by atoms with Crippen LogP contribution in [-0.4, -0.2) is 29.8 Å². The van der Waals surface area contributed by atoms with Crippen LogP contribution in [0.25, 0.3) is 0 Å². The van der Waals surface area contributed by atoms with Crippen molar-refractivity contribution in [2.24, 2.45) is 11.7 Å². The van der Waals surface area contributed by atoms with E-state index in [9.17, 15) is 4.79 Å². The zero-order chi connectivity index (χ0) is 19.1. The van der Waals surface area contributed by atoms with Crippen molar-refractivity contribution in [3.05, 3.63) is 11.6 Å². The molecular formula is C21H41NO3. The maximum Gasteiger partial charge on any atom is 0.320 e. The predicted molar refractivity (Wildman–Crippen MR) is 106 cm³/mol. The fourth-order valence-electron chi connectivity index (χ4n) is 3.08. The smallest absolute Gasteiger partial charge is 0.320 e. The maximum atomic E-state index is 10.4. The molecule has 1 aliphatic carbocycles. The van der Waals surface area contributed by atoms with Crippen LogP contribution in [0.4, 0.5) is 0 Å². The Bertz CT molecular complexity index is 368. The van der Waals surface area contributed by atoms with E-state index in [4.69, 9.17) is 15.6 Å². The van der Waals surface area contributed by atoms with Crippen molar-refractivity contribution < 1.29 is 14.6 Å². The highest BCUT2D eigenvalue weighted by Crippen LogP contribution is 2.19. The number of hydrogen-bond acceptors (Lipinski definition) is 3. The van der Waals surface area contributed by atoms with Crippen LogP contribution in [0.15, 0.2) is 11.6 Å². The minimum absolute atomic E-state index is 0.422. The Balaban J connectivity index is 0.000000462. The SMILES string of the molecule is CCCC(CC)CCC(N)C(=O)O.CCCCOC1C=C(C)CCC1. The highest BCUT2D eigenvalue weighted by atomic mass is 16.5. The molecule has 25 heavy (non-hydrogen) atoms. The molecule has 0 heterocycles. The summed E-state index contributed by atoms with van der Waals surface area (Å²) in [6.45, 7) is 9.64. The molecule has 0 amide bonds. The number of aliphatic carboxylic acids is 1. The minimum Gasteiger partial charge on any atom is -0.480 e. The summed E-state index contributed by atoms with van der Waals surface area (Å²) in [6.07, 6.45) is 14.0. The average Bonchev–Trinajstić information content (AvgIpc) is 2.59. The van der Waals surface area contributed by atoms with Gasteiger partial charge in [-0.3, -0.25) is 4.79 Å². The number of carboxylic acid groups (broad SMARTS) is 1. The number of unbranched alkanes of at least 4 members (excludes halogenated alkanes) is 1. The summed E-state index contributed by atoms with van der Waals surface area (Å²) < 4.78 is 5.72. The monoisotopic (exact) mass is 355 g/mol. The molecule has 0 saturated carbocycles. The number of hydrogen-bond donors (Lipinski definition) is 2. The van der Waals surface area contributed by atoms with Gasteiger partial charge in [0.25, 0.3) is 0 Å². The molecule has 0 aromatic rings. The molecule has 3 unspecified atom stereocenters. The number of carbonyl (C=O) groups is 1. The second-order valence-electron chi connectivity index (χ2n) is 7.25. The van der Waals surface area contributed by atoms with E-state index in [-0.39, 0.29) is 0 Å². The number of allylic oxidation sites excluding steroid dienone is 1. The van der Waals surface area contributed by atoms with Crippen molar-refractivity contribution in [3.8, 4) is 0 Å². The van der Waals surface area contributed by atoms with Crippen molar-refractivity contribution in [2.75, 3.05) is 6.61 Å². The second kappa shape index (κ2) is 15.4. The fourth-order valence-corrected chi connectivity index (χ4v) is 3.08. The summed E-state index contributed by atoms with van der Waals surface area (Å²) in [5, 5.41) is 8.57. The second-order valence-corrected chi connectivity index (χ2v) is 7.25. The number of carboxylic acids is 1. The van der Waals surface area contributed by atoms with Gasteiger partial charge in [0, 0.05) is 6.61 Å². The van der Waals surface area contributed by atoms with Crippen LogP contribution < -0.4 is 5.73 Å². The first-order valence-corrected chi connectivity index (χ1v) is 10.2. The third-order valence-corrected chi connectivity index (χ3v) is 4.84. The fraction of sp³-hybridized carbons (Fsp3) is 0.857. The quantitative estimate of drug-likeness (QED) is 0.389. The molecule has 0 bridgehead atoms. The van der Waals surface area contributed by atoms with Gasteiger partial charge in [-0.25, -0.2) is 0 Å². The first-order chi connectivity index (χ1) is 11.9. The molecule has 0 fully saturated rings. The van der Waals surface area contributed by atoms with Gasteiger partial charge in [-0.05, 0) is 51.4 Å². The zero-order valence-corrected chi connectivity index (χ0v) is 16.9. The van der Waals surface area contributed by atoms with E-state index in [2.05, 4.69) is 33.8 Å². The van der Waals surface area contributed by atoms with Gasteiger partial charge in [-0.2, -0.15) is 0 Å². The molecule has 0 radical (unpaired) electrons. The van der Waals surface area contributed by atoms with Crippen molar-refractivity contribution in [1.29, 1.82) is 0 Å². The topological polar surface area (TPSA) is 72.6 Å². The van der Waals surface area contributed by atoms with Gasteiger partial charge in [0.05, 0.1) is 6.10 Å². The van der Waals surface area contributed by atoms with Crippen molar-refractivity contribution >= 4 is 5.97 Å². The summed E-state index contributed by atoms with van der Waals surface area (Å²) in [5.74, 6) is -0.234. The van der Waals surface area contributed by atoms with Crippen LogP contribution in [0.3, 0.4) is 0 Å². The largest absolute Gasteiger partial charge is 0.480 e. The lowest BCUT2D eigenvalue weighted by atomic mass is 9.93. The third kappa shape index (κ3) is 13.1. The molecule has 1 aliphatic rings. The first kappa shape index (κ1) is 24.1. The van der Waals surface area contributed by atoms with Gasteiger partial charge in [0.2, 0.25) is 0 Å². The molecule has 0 saturated heterocycles. The van der Waals surface area contributed by atoms with Gasteiger partial charge in [-0.1, -0.05) is 58.1 Å². The summed E-state index contributed by atoms with van der Waals surface area (Å²) in [4.78, 5) is 10.4. The summed E-state index contributed by atoms with van der Waals surface area (Å²) >= 11 is 0. The third-order valence-electron chi connectivity index (χ3n) is 4.84. The number of nitrogens with two attached hydrogens (primary N) is 1. The van der Waals surface area contributed by atoms with Crippen molar-refractivity contribution in [2.45, 2.75) is 104 Å². The Morgan fingerprint density at radius 3 is 2.52 bits per heavy atom. The predicted octanol–water partition coefficient (Wildman–Crippen LogP) is 5.31. The molecule has 1 rings (SSSR count). The van der Waals surface area contributed by atoms with Crippen LogP contribution in [0.5, 0.6) is 0 Å². The van der Waals surface area contributed by atoms with E-state index in [0.29, 0.717) is 18.4 Å². The molecule has 0 spiro atoms. The molecule has 0 aromatic heterocycles. The summed E-state index contributed by atoms with van der Waals surface area (Å²) in [7, 11) is 0. The average molecular weight is 356 g/mol. The lowest BCUT2D eigenvalue weighted by Crippen LogP contribution is -2.30. The van der Waals surface area contributed by atoms with Gasteiger partial charge in [0.1, 0.15) is 6.04 Å². The first-order valence-electron chi connectivity index (χ1n) is 10.2. The Morgan fingerprint density at radius 1 is 1.28 bits per heavy atom. The number of rotatable bonds is 11. The van der Waals surface area contributed by atoms with E-state index in [1.54, 1.807) is 0 Å². The molecule has 4 nitrogen and oxygen atoms in total. The summed E-state index contributed by atoms with van der Waals surface area (Å²) in [6, 6.07) is -0.675. The highest BCUT2D eigenvalue weighted by molar-refractivity contribution is 5.72. The van der Waals surface area contributed by atoms with Gasteiger partial charge in [-0.15, -0.1) is 0 Å². The van der Waals surface area contributed by atoms with E-state index >= 15 is 0 Å². The summed E-state index contributed by atoms with van der Waals surface area (Å²) in [5.41, 5.74) is 6.92. The van der Waals surface area contributed by atoms with Crippen LogP contribution >= 0.6 is 0 Å². The Hall–Kier alpha value is -0.870. The molecule has 3 N–H and O–H groups in total. The Labute approximate surface area is 155 Å². The molecule has 148 valence electrons. The molecule has 0 aliphatic heterocycles. The van der Waals surface area contributed by atoms with Crippen molar-refractivity contribution in [3.63, 3.8) is 0 Å². The van der Waals surface area contributed by atoms with Gasteiger partial charge >= 0.3 is 5.97 Å².